The van der Waals surface area contributed by atoms with E-state index < -0.39 is 0 Å². The zero-order valence-electron chi connectivity index (χ0n) is 17.0. The fourth-order valence-electron chi connectivity index (χ4n) is 3.45. The minimum Gasteiger partial charge on any atom is -0.490 e. The molecule has 1 fully saturated rings. The molecule has 1 heterocycles. The number of hydrogen-bond donors (Lipinski definition) is 1. The molecule has 6 heteroatoms. The van der Waals surface area contributed by atoms with Gasteiger partial charge < -0.3 is 19.7 Å². The zero-order chi connectivity index (χ0) is 20.6. The van der Waals surface area contributed by atoms with Crippen molar-refractivity contribution in [1.82, 2.24) is 10.2 Å². The van der Waals surface area contributed by atoms with Crippen LogP contribution in [0.1, 0.15) is 47.4 Å². The van der Waals surface area contributed by atoms with E-state index in [1.807, 2.05) is 36.9 Å². The van der Waals surface area contributed by atoms with E-state index >= 15 is 0 Å². The van der Waals surface area contributed by atoms with Gasteiger partial charge in [-0.3, -0.25) is 9.59 Å². The van der Waals surface area contributed by atoms with Gasteiger partial charge >= 0.3 is 0 Å². The van der Waals surface area contributed by atoms with E-state index in [1.54, 1.807) is 30.3 Å². The molecular weight excluding hydrogens is 368 g/mol. The summed E-state index contributed by atoms with van der Waals surface area (Å²) in [5, 5.41) is 3.07. The van der Waals surface area contributed by atoms with Crippen LogP contribution in [0.5, 0.6) is 11.5 Å². The van der Waals surface area contributed by atoms with Crippen LogP contribution < -0.4 is 14.8 Å². The molecule has 2 aromatic carbocycles. The highest BCUT2D eigenvalue weighted by molar-refractivity contribution is 5.95. The van der Waals surface area contributed by atoms with Crippen LogP contribution in [-0.4, -0.2) is 49.1 Å². The second kappa shape index (κ2) is 9.96. The molecule has 0 radical (unpaired) electrons. The lowest BCUT2D eigenvalue weighted by Crippen LogP contribution is -2.46. The lowest BCUT2D eigenvalue weighted by atomic mass is 10.0. The number of amides is 2. The second-order valence-corrected chi connectivity index (χ2v) is 6.93. The first-order chi connectivity index (χ1) is 14.1. The van der Waals surface area contributed by atoms with Gasteiger partial charge in [-0.25, -0.2) is 0 Å². The smallest absolute Gasteiger partial charge is 0.253 e. The van der Waals surface area contributed by atoms with Crippen molar-refractivity contribution >= 4 is 11.8 Å². The number of nitrogens with zero attached hydrogens (tertiary/aromatic N) is 1. The van der Waals surface area contributed by atoms with E-state index in [9.17, 15) is 9.59 Å². The van der Waals surface area contributed by atoms with Gasteiger partial charge in [0.15, 0.2) is 11.5 Å². The van der Waals surface area contributed by atoms with Crippen molar-refractivity contribution < 1.29 is 19.1 Å². The largest absolute Gasteiger partial charge is 0.490 e. The van der Waals surface area contributed by atoms with Crippen molar-refractivity contribution in [1.29, 1.82) is 0 Å². The van der Waals surface area contributed by atoms with Crippen molar-refractivity contribution in [2.45, 2.75) is 32.7 Å². The van der Waals surface area contributed by atoms with Gasteiger partial charge in [0.1, 0.15) is 0 Å². The predicted octanol–water partition coefficient (Wildman–Crippen LogP) is 3.52. The van der Waals surface area contributed by atoms with Crippen LogP contribution in [0.3, 0.4) is 0 Å². The highest BCUT2D eigenvalue weighted by Gasteiger charge is 2.25. The Morgan fingerprint density at radius 1 is 0.931 bits per heavy atom. The van der Waals surface area contributed by atoms with E-state index in [4.69, 9.17) is 9.47 Å². The molecule has 1 aliphatic heterocycles. The van der Waals surface area contributed by atoms with Crippen molar-refractivity contribution in [2.24, 2.45) is 0 Å². The van der Waals surface area contributed by atoms with Crippen LogP contribution in [0.4, 0.5) is 0 Å². The third kappa shape index (κ3) is 5.28. The van der Waals surface area contributed by atoms with Gasteiger partial charge in [-0.2, -0.15) is 0 Å². The Morgan fingerprint density at radius 3 is 2.24 bits per heavy atom. The summed E-state index contributed by atoms with van der Waals surface area (Å²) >= 11 is 0. The van der Waals surface area contributed by atoms with Crippen LogP contribution in [0.25, 0.3) is 0 Å². The third-order valence-electron chi connectivity index (χ3n) is 4.94. The van der Waals surface area contributed by atoms with Gasteiger partial charge in [-0.05, 0) is 57.0 Å². The topological polar surface area (TPSA) is 67.9 Å². The first-order valence-electron chi connectivity index (χ1n) is 10.2. The fraction of sp³-hybridized carbons (Fsp3) is 0.391. The first-order valence-corrected chi connectivity index (χ1v) is 10.2. The number of piperidine rings is 1. The quantitative estimate of drug-likeness (QED) is 0.778. The highest BCUT2D eigenvalue weighted by atomic mass is 16.5. The van der Waals surface area contributed by atoms with Crippen LogP contribution in [0, 0.1) is 0 Å². The second-order valence-electron chi connectivity index (χ2n) is 6.93. The van der Waals surface area contributed by atoms with Crippen molar-refractivity contribution in [3.05, 3.63) is 59.7 Å². The Hall–Kier alpha value is -3.02. The van der Waals surface area contributed by atoms with E-state index in [0.717, 1.165) is 12.8 Å². The normalized spacial score (nSPS) is 14.3. The molecule has 0 atom stereocenters. The molecule has 3 rings (SSSR count). The summed E-state index contributed by atoms with van der Waals surface area (Å²) in [5.74, 6) is 1.14. The molecule has 0 unspecified atom stereocenters. The van der Waals surface area contributed by atoms with Gasteiger partial charge in [-0.15, -0.1) is 0 Å². The van der Waals surface area contributed by atoms with Crippen LogP contribution in [0.15, 0.2) is 48.5 Å². The minimum absolute atomic E-state index is 0.0261. The molecule has 0 spiro atoms. The molecule has 1 N–H and O–H groups in total. The van der Waals surface area contributed by atoms with Gasteiger partial charge in [0.2, 0.25) is 0 Å². The Morgan fingerprint density at radius 2 is 1.59 bits per heavy atom. The van der Waals surface area contributed by atoms with E-state index in [2.05, 4.69) is 5.32 Å². The minimum atomic E-state index is -0.0664. The van der Waals surface area contributed by atoms with Crippen molar-refractivity contribution in [3.8, 4) is 11.5 Å². The number of nitrogens with one attached hydrogen (secondary N) is 1. The van der Waals surface area contributed by atoms with Gasteiger partial charge in [0.25, 0.3) is 11.8 Å². The van der Waals surface area contributed by atoms with E-state index in [-0.39, 0.29) is 17.9 Å². The Bertz CT molecular complexity index is 830. The predicted molar refractivity (Wildman–Crippen MR) is 112 cm³/mol. The lowest BCUT2D eigenvalue weighted by molar-refractivity contribution is 0.0697. The third-order valence-corrected chi connectivity index (χ3v) is 4.94. The molecule has 0 bridgehead atoms. The lowest BCUT2D eigenvalue weighted by Gasteiger charge is -2.32. The molecule has 1 saturated heterocycles. The Labute approximate surface area is 171 Å². The maximum atomic E-state index is 12.9. The number of benzene rings is 2. The maximum absolute atomic E-state index is 12.9. The highest BCUT2D eigenvalue weighted by Crippen LogP contribution is 2.29. The first kappa shape index (κ1) is 20.7. The fourth-order valence-corrected chi connectivity index (χ4v) is 3.45. The number of carbonyl (C=O) groups is 2. The summed E-state index contributed by atoms with van der Waals surface area (Å²) in [7, 11) is 0. The zero-order valence-corrected chi connectivity index (χ0v) is 17.0. The summed E-state index contributed by atoms with van der Waals surface area (Å²) in [6.45, 7) is 6.07. The molecule has 2 amide bonds. The summed E-state index contributed by atoms with van der Waals surface area (Å²) in [6, 6.07) is 14.6. The van der Waals surface area contributed by atoms with Crippen molar-refractivity contribution in [2.75, 3.05) is 26.3 Å². The van der Waals surface area contributed by atoms with Crippen LogP contribution in [-0.2, 0) is 0 Å². The summed E-state index contributed by atoms with van der Waals surface area (Å²) in [4.78, 5) is 27.1. The summed E-state index contributed by atoms with van der Waals surface area (Å²) < 4.78 is 11.2. The molecule has 6 nitrogen and oxygen atoms in total. The van der Waals surface area contributed by atoms with E-state index in [0.29, 0.717) is 48.9 Å². The Kier molecular flexibility index (Phi) is 7.11. The van der Waals surface area contributed by atoms with E-state index in [1.165, 1.54) is 0 Å². The van der Waals surface area contributed by atoms with Gasteiger partial charge in [0.05, 0.1) is 13.2 Å². The molecular formula is C23H28N2O4. The van der Waals surface area contributed by atoms with Crippen LogP contribution in [0.2, 0.25) is 0 Å². The molecule has 0 saturated carbocycles. The average molecular weight is 396 g/mol. The molecule has 1 aliphatic rings. The van der Waals surface area contributed by atoms with Gasteiger partial charge in [-0.1, -0.05) is 18.2 Å². The van der Waals surface area contributed by atoms with Crippen molar-refractivity contribution in [3.63, 3.8) is 0 Å². The summed E-state index contributed by atoms with van der Waals surface area (Å²) in [5.41, 5.74) is 1.24. The monoisotopic (exact) mass is 396 g/mol. The molecule has 29 heavy (non-hydrogen) atoms. The molecule has 0 aliphatic carbocycles. The average Bonchev–Trinajstić information content (AvgIpc) is 2.76. The number of hydrogen-bond acceptors (Lipinski definition) is 4. The standard InChI is InChI=1S/C23H28N2O4/c1-3-28-20-11-10-18(16-21(20)29-4-2)23(27)25-14-12-19(13-15-25)24-22(26)17-8-6-5-7-9-17/h5-11,16,19H,3-4,12-15H2,1-2H3,(H,24,26). The molecule has 2 aromatic rings. The van der Waals surface area contributed by atoms with Gasteiger partial charge in [0, 0.05) is 30.3 Å². The van der Waals surface area contributed by atoms with Crippen LogP contribution >= 0.6 is 0 Å². The molecule has 154 valence electrons. The molecule has 0 aromatic heterocycles. The summed E-state index contributed by atoms with van der Waals surface area (Å²) in [6.07, 6.45) is 1.47. The number of ether oxygens (including phenoxy) is 2. The number of carbonyl (C=O) groups excluding carboxylic acids is 2. The SMILES string of the molecule is CCOc1ccc(C(=O)N2CCC(NC(=O)c3ccccc3)CC2)cc1OCC. The number of likely N-dealkylation sites (tertiary alicyclic amines) is 1. The Balaban J connectivity index is 1.58. The number of rotatable bonds is 7. The maximum Gasteiger partial charge on any atom is 0.253 e.